The summed E-state index contributed by atoms with van der Waals surface area (Å²) in [7, 11) is 0. The first kappa shape index (κ1) is 23.1. The quantitative estimate of drug-likeness (QED) is 0.725. The van der Waals surface area contributed by atoms with Crippen molar-refractivity contribution in [3.8, 4) is 0 Å². The lowest BCUT2D eigenvalue weighted by Crippen LogP contribution is -2.46. The van der Waals surface area contributed by atoms with Gasteiger partial charge in [-0.25, -0.2) is 9.48 Å². The van der Waals surface area contributed by atoms with Gasteiger partial charge in [0.15, 0.2) is 5.69 Å². The molecule has 0 radical (unpaired) electrons. The zero-order chi connectivity index (χ0) is 21.4. The highest BCUT2D eigenvalue weighted by Gasteiger charge is 2.38. The molecule has 2 aliphatic heterocycles. The number of halogens is 3. The molecular weight excluding hydrogens is 393 g/mol. The van der Waals surface area contributed by atoms with E-state index in [-0.39, 0.29) is 5.91 Å². The number of carboxylic acid groups (broad SMARTS) is 1. The van der Waals surface area contributed by atoms with Gasteiger partial charge in [0, 0.05) is 32.7 Å². The summed E-state index contributed by atoms with van der Waals surface area (Å²) < 4.78 is 33.6. The summed E-state index contributed by atoms with van der Waals surface area (Å²) >= 11 is 0. The minimum absolute atomic E-state index is 0.0183. The van der Waals surface area contributed by atoms with Crippen molar-refractivity contribution in [2.24, 2.45) is 0 Å². The van der Waals surface area contributed by atoms with Crippen LogP contribution in [0.25, 0.3) is 0 Å². The van der Waals surface area contributed by atoms with E-state index >= 15 is 0 Å². The lowest BCUT2D eigenvalue weighted by Gasteiger charge is -2.26. The Morgan fingerprint density at radius 1 is 1.10 bits per heavy atom. The Morgan fingerprint density at radius 2 is 1.69 bits per heavy atom. The van der Waals surface area contributed by atoms with Crippen LogP contribution in [0.15, 0.2) is 0 Å². The number of aliphatic carboxylic acids is 1. The van der Waals surface area contributed by atoms with Gasteiger partial charge in [-0.2, -0.15) is 13.2 Å². The van der Waals surface area contributed by atoms with Gasteiger partial charge in [0.25, 0.3) is 5.91 Å². The molecule has 0 bridgehead atoms. The number of rotatable bonds is 5. The molecule has 0 spiro atoms. The van der Waals surface area contributed by atoms with Crippen molar-refractivity contribution >= 4 is 11.9 Å². The first-order valence-corrected chi connectivity index (χ1v) is 9.62. The average molecular weight is 420 g/mol. The predicted octanol–water partition coefficient (Wildman–Crippen LogP) is 0.751. The van der Waals surface area contributed by atoms with Crippen molar-refractivity contribution in [2.45, 2.75) is 38.9 Å². The molecule has 2 aliphatic rings. The molecule has 1 aromatic heterocycles. The van der Waals surface area contributed by atoms with E-state index in [1.807, 2.05) is 16.5 Å². The van der Waals surface area contributed by atoms with Gasteiger partial charge in [-0.1, -0.05) is 5.21 Å². The van der Waals surface area contributed by atoms with Crippen LogP contribution in [0.1, 0.15) is 35.4 Å². The minimum atomic E-state index is -5.08. The number of carbonyl (C=O) groups is 2. The van der Waals surface area contributed by atoms with Crippen molar-refractivity contribution in [1.29, 1.82) is 0 Å². The Morgan fingerprint density at radius 3 is 2.24 bits per heavy atom. The summed E-state index contributed by atoms with van der Waals surface area (Å²) in [4.78, 5) is 25.7. The van der Waals surface area contributed by atoms with Gasteiger partial charge in [0.05, 0.1) is 5.69 Å². The summed E-state index contributed by atoms with van der Waals surface area (Å²) in [5.41, 5.74) is 1.41. The van der Waals surface area contributed by atoms with E-state index in [4.69, 9.17) is 9.90 Å². The number of carboxylic acids is 1. The number of hydrogen-bond acceptors (Lipinski definition) is 6. The molecule has 3 rings (SSSR count). The first-order valence-electron chi connectivity index (χ1n) is 9.62. The normalized spacial score (nSPS) is 17.7. The van der Waals surface area contributed by atoms with Crippen LogP contribution in [-0.2, 0) is 11.3 Å². The fourth-order valence-corrected chi connectivity index (χ4v) is 3.24. The minimum Gasteiger partial charge on any atom is -0.475 e. The zero-order valence-electron chi connectivity index (χ0n) is 16.4. The third kappa shape index (κ3) is 6.96. The molecule has 29 heavy (non-hydrogen) atoms. The van der Waals surface area contributed by atoms with Crippen LogP contribution >= 0.6 is 0 Å². The molecule has 2 N–H and O–H groups in total. The number of alkyl halides is 3. The van der Waals surface area contributed by atoms with Crippen molar-refractivity contribution in [3.63, 3.8) is 0 Å². The molecule has 0 atom stereocenters. The highest BCUT2D eigenvalue weighted by atomic mass is 19.4. The van der Waals surface area contributed by atoms with Crippen LogP contribution in [0.2, 0.25) is 0 Å². The topological polar surface area (TPSA) is 104 Å². The van der Waals surface area contributed by atoms with Gasteiger partial charge in [0.2, 0.25) is 0 Å². The number of nitrogens with one attached hydrogen (secondary N) is 1. The monoisotopic (exact) mass is 420 g/mol. The van der Waals surface area contributed by atoms with Crippen LogP contribution in [0.4, 0.5) is 13.2 Å². The summed E-state index contributed by atoms with van der Waals surface area (Å²) in [6.07, 6.45) is -1.37. The smallest absolute Gasteiger partial charge is 0.475 e. The molecular formula is C17H27F3N6O3. The number of aromatic nitrogens is 3. The van der Waals surface area contributed by atoms with Crippen LogP contribution < -0.4 is 5.32 Å². The molecule has 164 valence electrons. The number of amides is 1. The van der Waals surface area contributed by atoms with Crippen LogP contribution in [0.5, 0.6) is 0 Å². The van der Waals surface area contributed by atoms with Gasteiger partial charge >= 0.3 is 12.1 Å². The van der Waals surface area contributed by atoms with E-state index in [0.29, 0.717) is 5.69 Å². The lowest BCUT2D eigenvalue weighted by molar-refractivity contribution is -0.192. The van der Waals surface area contributed by atoms with E-state index in [1.54, 1.807) is 0 Å². The van der Waals surface area contributed by atoms with Gasteiger partial charge < -0.3 is 20.2 Å². The van der Waals surface area contributed by atoms with Crippen LogP contribution in [-0.4, -0.2) is 93.8 Å². The summed E-state index contributed by atoms with van der Waals surface area (Å²) in [5.74, 6) is -2.74. The first-order chi connectivity index (χ1) is 13.7. The van der Waals surface area contributed by atoms with Crippen molar-refractivity contribution in [2.75, 3.05) is 45.8 Å². The molecule has 0 aromatic carbocycles. The zero-order valence-corrected chi connectivity index (χ0v) is 16.4. The van der Waals surface area contributed by atoms with Gasteiger partial charge in [-0.3, -0.25) is 4.79 Å². The number of hydrogen-bond donors (Lipinski definition) is 2. The summed E-state index contributed by atoms with van der Waals surface area (Å²) in [6.45, 7) is 9.56. The Labute approximate surface area is 166 Å². The number of aryl methyl sites for hydroxylation is 1. The number of piperazine rings is 1. The Bertz CT molecular complexity index is 682. The number of likely N-dealkylation sites (tertiary alicyclic amines) is 1. The van der Waals surface area contributed by atoms with E-state index in [1.165, 1.54) is 25.9 Å². The van der Waals surface area contributed by atoms with Crippen molar-refractivity contribution in [3.05, 3.63) is 11.4 Å². The average Bonchev–Trinajstić information content (AvgIpc) is 3.32. The van der Waals surface area contributed by atoms with E-state index in [0.717, 1.165) is 51.4 Å². The molecule has 0 aliphatic carbocycles. The largest absolute Gasteiger partial charge is 0.490 e. The van der Waals surface area contributed by atoms with Gasteiger partial charge in [-0.15, -0.1) is 5.10 Å². The van der Waals surface area contributed by atoms with Crippen LogP contribution in [0, 0.1) is 6.92 Å². The van der Waals surface area contributed by atoms with E-state index in [9.17, 15) is 18.0 Å². The standard InChI is InChI=1S/C15H26N6O.C2HF3O2/c1-13-14(15(22)20-11-5-16-6-12-20)17-18-21(13)10-4-9-19-7-2-3-8-19;3-2(4,5)1(6)7/h16H,2-12H2,1H3;(H,6,7). The van der Waals surface area contributed by atoms with Crippen molar-refractivity contribution < 1.29 is 27.9 Å². The van der Waals surface area contributed by atoms with Gasteiger partial charge in [0.1, 0.15) is 0 Å². The van der Waals surface area contributed by atoms with Crippen LogP contribution in [0.3, 0.4) is 0 Å². The summed E-state index contributed by atoms with van der Waals surface area (Å²) in [6, 6.07) is 0. The molecule has 2 saturated heterocycles. The maximum atomic E-state index is 12.5. The lowest BCUT2D eigenvalue weighted by atomic mass is 10.2. The second-order valence-electron chi connectivity index (χ2n) is 6.99. The highest BCUT2D eigenvalue weighted by Crippen LogP contribution is 2.13. The third-order valence-corrected chi connectivity index (χ3v) is 4.87. The fourth-order valence-electron chi connectivity index (χ4n) is 3.24. The second kappa shape index (κ2) is 10.5. The Balaban J connectivity index is 0.000000370. The van der Waals surface area contributed by atoms with E-state index < -0.39 is 12.1 Å². The fraction of sp³-hybridized carbons (Fsp3) is 0.765. The molecule has 1 aromatic rings. The maximum Gasteiger partial charge on any atom is 0.490 e. The molecule has 9 nitrogen and oxygen atoms in total. The maximum absolute atomic E-state index is 12.5. The predicted molar refractivity (Wildman–Crippen MR) is 97.5 cm³/mol. The molecule has 12 heteroatoms. The SMILES string of the molecule is Cc1c(C(=O)N2CCNCC2)nnn1CCCN1CCCC1.O=C(O)C(F)(F)F. The summed E-state index contributed by atoms with van der Waals surface area (Å²) in [5, 5.41) is 18.7. The van der Waals surface area contributed by atoms with Gasteiger partial charge in [-0.05, 0) is 45.8 Å². The Kier molecular flexibility index (Phi) is 8.38. The number of carbonyl (C=O) groups excluding carboxylic acids is 1. The molecule has 1 amide bonds. The Hall–Kier alpha value is -2.21. The van der Waals surface area contributed by atoms with E-state index in [2.05, 4.69) is 20.5 Å². The molecule has 0 saturated carbocycles. The second-order valence-corrected chi connectivity index (χ2v) is 6.99. The molecule has 3 heterocycles. The molecule has 2 fully saturated rings. The number of nitrogens with zero attached hydrogens (tertiary/aromatic N) is 5. The molecule has 0 unspecified atom stereocenters. The highest BCUT2D eigenvalue weighted by molar-refractivity contribution is 5.93. The van der Waals surface area contributed by atoms with Crippen molar-refractivity contribution in [1.82, 2.24) is 30.1 Å². The third-order valence-electron chi connectivity index (χ3n) is 4.87.